The second kappa shape index (κ2) is 8.22. The quantitative estimate of drug-likeness (QED) is 0.514. The standard InChI is InChI=1S/C19H21FN6O2/c1-21-19(23-10-17-25-24-16-4-2-3-7-26(16)17)22-6-5-13-8-15(20)9-14-11-27-12-28-18(13)14/h2-4,7-9H,5-6,10-12H2,1H3,(H2,21,22,23). The molecule has 2 aromatic heterocycles. The molecule has 1 aromatic carbocycles. The number of nitrogens with zero attached hydrogens (tertiary/aromatic N) is 4. The molecule has 9 heteroatoms. The van der Waals surface area contributed by atoms with E-state index in [4.69, 9.17) is 9.47 Å². The second-order valence-electron chi connectivity index (χ2n) is 6.31. The summed E-state index contributed by atoms with van der Waals surface area (Å²) in [5, 5.41) is 14.8. The van der Waals surface area contributed by atoms with E-state index in [2.05, 4.69) is 25.8 Å². The van der Waals surface area contributed by atoms with Gasteiger partial charge in [-0.3, -0.25) is 9.39 Å². The summed E-state index contributed by atoms with van der Waals surface area (Å²) >= 11 is 0. The zero-order chi connectivity index (χ0) is 19.3. The van der Waals surface area contributed by atoms with Crippen LogP contribution in [0.15, 0.2) is 41.5 Å². The molecule has 0 saturated carbocycles. The van der Waals surface area contributed by atoms with Crippen molar-refractivity contribution in [2.24, 2.45) is 4.99 Å². The van der Waals surface area contributed by atoms with Gasteiger partial charge >= 0.3 is 0 Å². The normalized spacial score (nSPS) is 13.9. The molecule has 4 rings (SSSR count). The van der Waals surface area contributed by atoms with Gasteiger partial charge in [0.25, 0.3) is 0 Å². The van der Waals surface area contributed by atoms with E-state index in [1.54, 1.807) is 7.05 Å². The number of benzene rings is 1. The fourth-order valence-corrected chi connectivity index (χ4v) is 3.15. The molecular weight excluding hydrogens is 363 g/mol. The molecule has 0 radical (unpaired) electrons. The first kappa shape index (κ1) is 18.2. The van der Waals surface area contributed by atoms with Crippen LogP contribution in [0.2, 0.25) is 0 Å². The molecule has 1 aliphatic rings. The molecule has 0 atom stereocenters. The third-order valence-electron chi connectivity index (χ3n) is 4.46. The minimum absolute atomic E-state index is 0.189. The molecule has 0 amide bonds. The highest BCUT2D eigenvalue weighted by atomic mass is 19.1. The minimum Gasteiger partial charge on any atom is -0.467 e. The maximum atomic E-state index is 13.8. The van der Waals surface area contributed by atoms with Crippen LogP contribution in [0.25, 0.3) is 5.65 Å². The van der Waals surface area contributed by atoms with E-state index >= 15 is 0 Å². The Labute approximate surface area is 161 Å². The van der Waals surface area contributed by atoms with Crippen molar-refractivity contribution >= 4 is 11.6 Å². The number of aromatic nitrogens is 3. The van der Waals surface area contributed by atoms with Crippen LogP contribution >= 0.6 is 0 Å². The largest absolute Gasteiger partial charge is 0.467 e. The molecule has 0 fully saturated rings. The van der Waals surface area contributed by atoms with Crippen LogP contribution in [0.4, 0.5) is 4.39 Å². The van der Waals surface area contributed by atoms with Crippen molar-refractivity contribution in [1.29, 1.82) is 0 Å². The highest BCUT2D eigenvalue weighted by molar-refractivity contribution is 5.79. The first-order chi connectivity index (χ1) is 13.7. The van der Waals surface area contributed by atoms with E-state index in [0.717, 1.165) is 22.6 Å². The summed E-state index contributed by atoms with van der Waals surface area (Å²) in [6.07, 6.45) is 2.51. The third kappa shape index (κ3) is 3.89. The fraction of sp³-hybridized carbons (Fsp3) is 0.316. The Morgan fingerprint density at radius 3 is 3.11 bits per heavy atom. The summed E-state index contributed by atoms with van der Waals surface area (Å²) in [6, 6.07) is 8.71. The van der Waals surface area contributed by atoms with Crippen LogP contribution in [0.5, 0.6) is 5.75 Å². The lowest BCUT2D eigenvalue weighted by Gasteiger charge is -2.21. The number of aliphatic imine (C=N–C) groups is 1. The number of guanidine groups is 1. The number of halogens is 1. The number of ether oxygens (including phenoxy) is 2. The van der Waals surface area contributed by atoms with E-state index in [-0.39, 0.29) is 12.6 Å². The number of hydrogen-bond acceptors (Lipinski definition) is 5. The van der Waals surface area contributed by atoms with Gasteiger partial charge in [0.15, 0.2) is 24.2 Å². The van der Waals surface area contributed by atoms with Crippen LogP contribution in [-0.4, -0.2) is 40.9 Å². The molecule has 3 heterocycles. The van der Waals surface area contributed by atoms with Gasteiger partial charge in [-0.25, -0.2) is 4.39 Å². The number of pyridine rings is 1. The average molecular weight is 384 g/mol. The van der Waals surface area contributed by atoms with Gasteiger partial charge in [0.05, 0.1) is 13.2 Å². The van der Waals surface area contributed by atoms with Crippen molar-refractivity contribution in [3.05, 3.63) is 59.3 Å². The van der Waals surface area contributed by atoms with Crippen LogP contribution in [0.3, 0.4) is 0 Å². The first-order valence-corrected chi connectivity index (χ1v) is 8.99. The van der Waals surface area contributed by atoms with Crippen molar-refractivity contribution in [1.82, 2.24) is 25.2 Å². The Morgan fingerprint density at radius 1 is 1.29 bits per heavy atom. The topological polar surface area (TPSA) is 85.1 Å². The highest BCUT2D eigenvalue weighted by Gasteiger charge is 2.16. The van der Waals surface area contributed by atoms with Crippen molar-refractivity contribution in [3.63, 3.8) is 0 Å². The Morgan fingerprint density at radius 2 is 2.21 bits per heavy atom. The predicted octanol–water partition coefficient (Wildman–Crippen LogP) is 1.64. The van der Waals surface area contributed by atoms with E-state index in [0.29, 0.717) is 37.8 Å². The van der Waals surface area contributed by atoms with Gasteiger partial charge in [0.1, 0.15) is 11.6 Å². The summed E-state index contributed by atoms with van der Waals surface area (Å²) in [4.78, 5) is 4.22. The van der Waals surface area contributed by atoms with Gasteiger partial charge in [-0.1, -0.05) is 6.07 Å². The van der Waals surface area contributed by atoms with Gasteiger partial charge in [-0.2, -0.15) is 0 Å². The Balaban J connectivity index is 1.35. The van der Waals surface area contributed by atoms with Crippen LogP contribution in [-0.2, 0) is 24.3 Å². The first-order valence-electron chi connectivity index (χ1n) is 8.99. The number of fused-ring (bicyclic) bond motifs is 2. The minimum atomic E-state index is -0.288. The molecule has 0 unspecified atom stereocenters. The molecular formula is C19H21FN6O2. The van der Waals surface area contributed by atoms with E-state index in [1.807, 2.05) is 28.8 Å². The SMILES string of the molecule is CN=C(NCCc1cc(F)cc2c1OCOC2)NCc1nnc2ccccn12. The lowest BCUT2D eigenvalue weighted by molar-refractivity contribution is -0.0172. The van der Waals surface area contributed by atoms with Crippen molar-refractivity contribution in [2.75, 3.05) is 20.4 Å². The van der Waals surface area contributed by atoms with Gasteiger partial charge in [-0.05, 0) is 36.2 Å². The Bertz CT molecular complexity index is 1000. The molecule has 8 nitrogen and oxygen atoms in total. The van der Waals surface area contributed by atoms with Gasteiger partial charge in [0, 0.05) is 25.4 Å². The van der Waals surface area contributed by atoms with E-state index in [9.17, 15) is 4.39 Å². The van der Waals surface area contributed by atoms with Crippen molar-refractivity contribution in [2.45, 2.75) is 19.6 Å². The summed E-state index contributed by atoms with van der Waals surface area (Å²) in [7, 11) is 1.70. The lowest BCUT2D eigenvalue weighted by Crippen LogP contribution is -2.38. The molecule has 0 aliphatic carbocycles. The predicted molar refractivity (Wildman–Crippen MR) is 102 cm³/mol. The monoisotopic (exact) mass is 384 g/mol. The molecule has 0 spiro atoms. The molecule has 2 N–H and O–H groups in total. The smallest absolute Gasteiger partial charge is 0.191 e. The number of hydrogen-bond donors (Lipinski definition) is 2. The Hall–Kier alpha value is -3.20. The number of nitrogens with one attached hydrogen (secondary N) is 2. The summed E-state index contributed by atoms with van der Waals surface area (Å²) in [5.41, 5.74) is 2.34. The summed E-state index contributed by atoms with van der Waals surface area (Å²) in [5.74, 6) is 1.84. The average Bonchev–Trinajstić information content (AvgIpc) is 3.13. The van der Waals surface area contributed by atoms with Crippen LogP contribution in [0, 0.1) is 5.82 Å². The second-order valence-corrected chi connectivity index (χ2v) is 6.31. The Kier molecular flexibility index (Phi) is 5.34. The number of rotatable bonds is 5. The lowest BCUT2D eigenvalue weighted by atomic mass is 10.1. The van der Waals surface area contributed by atoms with Crippen LogP contribution in [0.1, 0.15) is 17.0 Å². The van der Waals surface area contributed by atoms with Gasteiger partial charge in [0.2, 0.25) is 0 Å². The molecule has 28 heavy (non-hydrogen) atoms. The summed E-state index contributed by atoms with van der Waals surface area (Å²) < 4.78 is 26.5. The molecule has 0 saturated heterocycles. The van der Waals surface area contributed by atoms with Gasteiger partial charge < -0.3 is 20.1 Å². The van der Waals surface area contributed by atoms with Crippen molar-refractivity contribution < 1.29 is 13.9 Å². The van der Waals surface area contributed by atoms with Gasteiger partial charge in [-0.15, -0.1) is 10.2 Å². The van der Waals surface area contributed by atoms with Crippen LogP contribution < -0.4 is 15.4 Å². The molecule has 1 aliphatic heterocycles. The molecule has 0 bridgehead atoms. The zero-order valence-electron chi connectivity index (χ0n) is 15.5. The third-order valence-corrected chi connectivity index (χ3v) is 4.46. The van der Waals surface area contributed by atoms with Crippen molar-refractivity contribution in [3.8, 4) is 5.75 Å². The summed E-state index contributed by atoms with van der Waals surface area (Å²) in [6.45, 7) is 1.60. The molecule has 146 valence electrons. The van der Waals surface area contributed by atoms with E-state index in [1.165, 1.54) is 12.1 Å². The van der Waals surface area contributed by atoms with E-state index < -0.39 is 0 Å². The fourth-order valence-electron chi connectivity index (χ4n) is 3.15. The zero-order valence-corrected chi connectivity index (χ0v) is 15.5. The molecule has 3 aromatic rings. The highest BCUT2D eigenvalue weighted by Crippen LogP contribution is 2.29. The maximum Gasteiger partial charge on any atom is 0.191 e. The maximum absolute atomic E-state index is 13.8.